The third kappa shape index (κ3) is 3.55. The van der Waals surface area contributed by atoms with Crippen LogP contribution in [0.4, 0.5) is 11.4 Å². The van der Waals surface area contributed by atoms with Crippen LogP contribution < -0.4 is 9.80 Å². The van der Waals surface area contributed by atoms with Gasteiger partial charge in [0, 0.05) is 43.1 Å². The Balaban J connectivity index is 1.25. The molecule has 3 aliphatic heterocycles. The molecule has 1 aromatic rings. The number of benzene rings is 1. The summed E-state index contributed by atoms with van der Waals surface area (Å²) in [7, 11) is 0. The molecule has 4 heteroatoms. The van der Waals surface area contributed by atoms with E-state index in [9.17, 15) is 4.79 Å². The summed E-state index contributed by atoms with van der Waals surface area (Å²) in [6.45, 7) is 9.09. The summed E-state index contributed by atoms with van der Waals surface area (Å²) in [6, 6.07) is 8.36. The molecule has 1 aromatic carbocycles. The molecule has 30 heavy (non-hydrogen) atoms. The number of hydrogen-bond acceptors (Lipinski definition) is 3. The molecular formula is C26H39N3O. The number of hydrogen-bond donors (Lipinski definition) is 0. The fourth-order valence-corrected chi connectivity index (χ4v) is 6.84. The zero-order valence-electron chi connectivity index (χ0n) is 19.0. The van der Waals surface area contributed by atoms with Gasteiger partial charge in [-0.1, -0.05) is 19.3 Å². The molecule has 0 aromatic heterocycles. The number of carbonyl (C=O) groups excluding carboxylic acids is 1. The number of amides is 1. The maximum Gasteiger partial charge on any atom is 0.233 e. The van der Waals surface area contributed by atoms with E-state index in [1.807, 2.05) is 0 Å². The zero-order chi connectivity index (χ0) is 20.7. The van der Waals surface area contributed by atoms with E-state index in [1.54, 1.807) is 0 Å². The van der Waals surface area contributed by atoms with Gasteiger partial charge in [-0.05, 0) is 89.1 Å². The van der Waals surface area contributed by atoms with Crippen molar-refractivity contribution in [2.75, 3.05) is 36.0 Å². The number of anilines is 2. The van der Waals surface area contributed by atoms with E-state index >= 15 is 0 Å². The normalized spacial score (nSPS) is 28.1. The van der Waals surface area contributed by atoms with Gasteiger partial charge in [-0.15, -0.1) is 0 Å². The Hall–Kier alpha value is -1.55. The van der Waals surface area contributed by atoms with Gasteiger partial charge < -0.3 is 9.80 Å². The van der Waals surface area contributed by atoms with Crippen molar-refractivity contribution < 1.29 is 4.79 Å². The third-order valence-corrected chi connectivity index (χ3v) is 8.70. The Morgan fingerprint density at radius 1 is 0.900 bits per heavy atom. The van der Waals surface area contributed by atoms with Gasteiger partial charge in [0.2, 0.25) is 5.91 Å². The minimum absolute atomic E-state index is 0.0437. The lowest BCUT2D eigenvalue weighted by atomic mass is 9.73. The molecule has 4 aliphatic rings. The second kappa shape index (κ2) is 8.18. The van der Waals surface area contributed by atoms with Crippen molar-refractivity contribution in [3.63, 3.8) is 0 Å². The van der Waals surface area contributed by atoms with Crippen LogP contribution >= 0.6 is 0 Å². The first-order valence-corrected chi connectivity index (χ1v) is 12.5. The molecule has 1 amide bonds. The van der Waals surface area contributed by atoms with Gasteiger partial charge in [0.25, 0.3) is 0 Å². The van der Waals surface area contributed by atoms with E-state index < -0.39 is 0 Å². The predicted molar refractivity (Wildman–Crippen MR) is 124 cm³/mol. The van der Waals surface area contributed by atoms with E-state index in [-0.39, 0.29) is 5.41 Å². The molecule has 3 saturated heterocycles. The van der Waals surface area contributed by atoms with Crippen LogP contribution in [0, 0.1) is 12.3 Å². The maximum absolute atomic E-state index is 13.3. The summed E-state index contributed by atoms with van der Waals surface area (Å²) in [4.78, 5) is 20.7. The van der Waals surface area contributed by atoms with Crippen LogP contribution in [-0.2, 0) is 4.79 Å². The van der Waals surface area contributed by atoms with Crippen LogP contribution in [0.25, 0.3) is 0 Å². The van der Waals surface area contributed by atoms with Crippen LogP contribution in [-0.4, -0.2) is 49.1 Å². The zero-order valence-corrected chi connectivity index (χ0v) is 19.0. The van der Waals surface area contributed by atoms with Crippen molar-refractivity contribution in [3.8, 4) is 0 Å². The number of piperidine rings is 1. The first-order valence-electron chi connectivity index (χ1n) is 12.5. The lowest BCUT2D eigenvalue weighted by Crippen LogP contribution is -2.46. The van der Waals surface area contributed by atoms with Crippen molar-refractivity contribution in [3.05, 3.63) is 23.8 Å². The van der Waals surface area contributed by atoms with Gasteiger partial charge in [-0.3, -0.25) is 9.69 Å². The summed E-state index contributed by atoms with van der Waals surface area (Å²) in [5.41, 5.74) is 3.69. The number of rotatable bonds is 3. The topological polar surface area (TPSA) is 26.8 Å². The van der Waals surface area contributed by atoms with Crippen LogP contribution in [0.5, 0.6) is 0 Å². The van der Waals surface area contributed by atoms with Crippen LogP contribution in [0.2, 0.25) is 0 Å². The van der Waals surface area contributed by atoms with E-state index in [0.717, 1.165) is 56.7 Å². The molecule has 1 saturated carbocycles. The van der Waals surface area contributed by atoms with Gasteiger partial charge in [-0.2, -0.15) is 0 Å². The first-order chi connectivity index (χ1) is 14.6. The van der Waals surface area contributed by atoms with Crippen molar-refractivity contribution in [2.24, 2.45) is 5.41 Å². The highest BCUT2D eigenvalue weighted by Gasteiger charge is 2.47. The fraction of sp³-hybridized carbons (Fsp3) is 0.731. The summed E-state index contributed by atoms with van der Waals surface area (Å²) in [5.74, 6) is 0.401. The molecule has 0 N–H and O–H groups in total. The first kappa shape index (κ1) is 20.4. The smallest absolute Gasteiger partial charge is 0.233 e. The molecule has 3 heterocycles. The fourth-order valence-electron chi connectivity index (χ4n) is 6.84. The van der Waals surface area contributed by atoms with Crippen molar-refractivity contribution in [1.82, 2.24) is 4.90 Å². The molecule has 1 unspecified atom stereocenters. The monoisotopic (exact) mass is 409 g/mol. The van der Waals surface area contributed by atoms with Crippen molar-refractivity contribution >= 4 is 17.3 Å². The molecule has 1 spiro atoms. The van der Waals surface area contributed by atoms with E-state index in [2.05, 4.69) is 46.7 Å². The van der Waals surface area contributed by atoms with Gasteiger partial charge in [-0.25, -0.2) is 0 Å². The molecular weight excluding hydrogens is 370 g/mol. The van der Waals surface area contributed by atoms with Crippen LogP contribution in [0.15, 0.2) is 18.2 Å². The summed E-state index contributed by atoms with van der Waals surface area (Å²) >= 11 is 0. The SMILES string of the molecule is Cc1cc(N2CCC(N3CCCC3C)CC2)ccc1N1CCC2(CCCCC2)C1=O. The lowest BCUT2D eigenvalue weighted by molar-refractivity contribution is -0.127. The van der Waals surface area contributed by atoms with E-state index in [0.29, 0.717) is 5.91 Å². The molecule has 4 nitrogen and oxygen atoms in total. The molecule has 1 aliphatic carbocycles. The van der Waals surface area contributed by atoms with Gasteiger partial charge in [0.1, 0.15) is 0 Å². The molecule has 0 radical (unpaired) electrons. The van der Waals surface area contributed by atoms with E-state index in [4.69, 9.17) is 0 Å². The predicted octanol–water partition coefficient (Wildman–Crippen LogP) is 5.14. The largest absolute Gasteiger partial charge is 0.371 e. The Morgan fingerprint density at radius 3 is 2.33 bits per heavy atom. The Morgan fingerprint density at radius 2 is 1.67 bits per heavy atom. The summed E-state index contributed by atoms with van der Waals surface area (Å²) < 4.78 is 0. The van der Waals surface area contributed by atoms with Crippen molar-refractivity contribution in [1.29, 1.82) is 0 Å². The third-order valence-electron chi connectivity index (χ3n) is 8.70. The molecule has 1 atom stereocenters. The van der Waals surface area contributed by atoms with E-state index in [1.165, 1.54) is 62.7 Å². The molecule has 4 fully saturated rings. The maximum atomic E-state index is 13.3. The minimum atomic E-state index is -0.0437. The quantitative estimate of drug-likeness (QED) is 0.692. The summed E-state index contributed by atoms with van der Waals surface area (Å²) in [6.07, 6.45) is 12.3. The Kier molecular flexibility index (Phi) is 5.55. The average Bonchev–Trinajstić information content (AvgIpc) is 3.33. The molecule has 0 bridgehead atoms. The second-order valence-electron chi connectivity index (χ2n) is 10.5. The Bertz CT molecular complexity index is 776. The highest BCUT2D eigenvalue weighted by atomic mass is 16.2. The summed E-state index contributed by atoms with van der Waals surface area (Å²) in [5, 5.41) is 0. The number of likely N-dealkylation sites (tertiary alicyclic amines) is 1. The highest BCUT2D eigenvalue weighted by Crippen LogP contribution is 2.46. The lowest BCUT2D eigenvalue weighted by Gasteiger charge is -2.39. The van der Waals surface area contributed by atoms with Gasteiger partial charge in [0.05, 0.1) is 5.41 Å². The van der Waals surface area contributed by atoms with Crippen LogP contribution in [0.3, 0.4) is 0 Å². The second-order valence-corrected chi connectivity index (χ2v) is 10.5. The minimum Gasteiger partial charge on any atom is -0.371 e. The molecule has 164 valence electrons. The Labute approximate surface area is 182 Å². The average molecular weight is 410 g/mol. The number of aryl methyl sites for hydroxylation is 1. The number of carbonyl (C=O) groups is 1. The highest BCUT2D eigenvalue weighted by molar-refractivity contribution is 6.00. The van der Waals surface area contributed by atoms with Crippen LogP contribution in [0.1, 0.15) is 76.7 Å². The van der Waals surface area contributed by atoms with Crippen molar-refractivity contribution in [2.45, 2.75) is 90.1 Å². The van der Waals surface area contributed by atoms with Gasteiger partial charge in [0.15, 0.2) is 0 Å². The number of nitrogens with zero attached hydrogens (tertiary/aromatic N) is 3. The van der Waals surface area contributed by atoms with Gasteiger partial charge >= 0.3 is 0 Å². The molecule has 5 rings (SSSR count). The standard InChI is InChI=1S/C26H39N3O/c1-20-19-23(27-16-10-22(11-17-27)28-15-6-7-21(28)2)8-9-24(20)29-18-14-26(25(29)30)12-4-3-5-13-26/h8-9,19,21-22H,3-7,10-18H2,1-2H3.